The maximum atomic E-state index is 14.3. The van der Waals surface area contributed by atoms with Crippen molar-refractivity contribution in [2.45, 2.75) is 36.4 Å². The predicted octanol–water partition coefficient (Wildman–Crippen LogP) is 0.536. The maximum Gasteiger partial charge on any atom is 0.490 e. The number of piperazine rings is 1. The van der Waals surface area contributed by atoms with Crippen molar-refractivity contribution in [2.75, 3.05) is 44.7 Å². The number of nitrogens with one attached hydrogen (secondary N) is 1. The van der Waals surface area contributed by atoms with Crippen molar-refractivity contribution in [1.29, 1.82) is 0 Å². The van der Waals surface area contributed by atoms with Gasteiger partial charge in [0.05, 0.1) is 10.7 Å². The first-order valence-corrected chi connectivity index (χ1v) is 13.2. The van der Waals surface area contributed by atoms with E-state index in [9.17, 15) is 40.4 Å². The van der Waals surface area contributed by atoms with Gasteiger partial charge in [0, 0.05) is 39.1 Å². The Bertz CT molecular complexity index is 1220. The Balaban J connectivity index is 0.000000673. The van der Waals surface area contributed by atoms with E-state index in [1.54, 1.807) is 0 Å². The van der Waals surface area contributed by atoms with Crippen molar-refractivity contribution in [2.24, 2.45) is 5.73 Å². The largest absolute Gasteiger partial charge is 0.490 e. The van der Waals surface area contributed by atoms with Gasteiger partial charge in [-0.25, -0.2) is 17.6 Å². The number of carboxylic acid groups (broad SMARTS) is 1. The third kappa shape index (κ3) is 8.48. The fourth-order valence-electron chi connectivity index (χ4n) is 3.66. The Labute approximate surface area is 225 Å². The molecule has 0 aliphatic carbocycles. The van der Waals surface area contributed by atoms with Crippen LogP contribution in [0.4, 0.5) is 23.2 Å². The number of rotatable bonds is 6. The summed E-state index contributed by atoms with van der Waals surface area (Å²) in [6, 6.07) is -0.241. The van der Waals surface area contributed by atoms with Crippen molar-refractivity contribution >= 4 is 51.0 Å². The summed E-state index contributed by atoms with van der Waals surface area (Å²) in [7, 11) is -2.78. The van der Waals surface area contributed by atoms with Crippen LogP contribution in [-0.4, -0.2) is 99.0 Å². The second-order valence-electron chi connectivity index (χ2n) is 8.63. The molecule has 0 spiro atoms. The third-order valence-corrected chi connectivity index (χ3v) is 7.71. The highest BCUT2D eigenvalue weighted by Crippen LogP contribution is 2.35. The van der Waals surface area contributed by atoms with E-state index in [-0.39, 0.29) is 29.6 Å². The van der Waals surface area contributed by atoms with Gasteiger partial charge in [0.2, 0.25) is 21.8 Å². The molecule has 1 aromatic rings. The van der Waals surface area contributed by atoms with Crippen LogP contribution >= 0.6 is 11.6 Å². The van der Waals surface area contributed by atoms with Crippen LogP contribution in [-0.2, 0) is 29.2 Å². The average Bonchev–Trinajstić information content (AvgIpc) is 2.84. The third-order valence-electron chi connectivity index (χ3n) is 5.75. The fraction of sp³-hybridized carbons (Fsp3) is 0.524. The predicted molar refractivity (Wildman–Crippen MR) is 129 cm³/mol. The second kappa shape index (κ2) is 12.9. The molecule has 0 unspecified atom stereocenters. The summed E-state index contributed by atoms with van der Waals surface area (Å²) >= 11 is 6.27. The maximum absolute atomic E-state index is 14.3. The molecule has 0 radical (unpaired) electrons. The number of hydrogen-bond acceptors (Lipinski definition) is 7. The summed E-state index contributed by atoms with van der Waals surface area (Å²) in [5, 5.41) is 6.74. The van der Waals surface area contributed by atoms with Gasteiger partial charge in [-0.2, -0.15) is 17.9 Å². The lowest BCUT2D eigenvalue weighted by atomic mass is 10.1. The second-order valence-corrected chi connectivity index (χ2v) is 10.7. The van der Waals surface area contributed by atoms with Crippen LogP contribution in [0.15, 0.2) is 17.0 Å². The van der Waals surface area contributed by atoms with Crippen LogP contribution in [0, 0.1) is 5.82 Å². The van der Waals surface area contributed by atoms with Gasteiger partial charge < -0.3 is 25.5 Å². The Morgan fingerprint density at radius 1 is 1.10 bits per heavy atom. The van der Waals surface area contributed by atoms with Gasteiger partial charge in [-0.3, -0.25) is 14.4 Å². The van der Waals surface area contributed by atoms with Crippen LogP contribution in [0.25, 0.3) is 0 Å². The summed E-state index contributed by atoms with van der Waals surface area (Å²) in [6.45, 7) is 1.95. The molecule has 218 valence electrons. The molecule has 2 aliphatic rings. The monoisotopic (exact) mass is 603 g/mol. The molecule has 2 fully saturated rings. The lowest BCUT2D eigenvalue weighted by molar-refractivity contribution is -0.192. The molecular formula is C21H26ClF4N5O7S. The van der Waals surface area contributed by atoms with Gasteiger partial charge in [0.15, 0.2) is 6.04 Å². The van der Waals surface area contributed by atoms with Crippen molar-refractivity contribution in [1.82, 2.24) is 14.5 Å². The highest BCUT2D eigenvalue weighted by molar-refractivity contribution is 7.89. The zero-order valence-corrected chi connectivity index (χ0v) is 22.1. The van der Waals surface area contributed by atoms with Crippen molar-refractivity contribution < 1.29 is 50.3 Å². The lowest BCUT2D eigenvalue weighted by Crippen LogP contribution is -2.58. The summed E-state index contributed by atoms with van der Waals surface area (Å²) in [5.41, 5.74) is 5.22. The van der Waals surface area contributed by atoms with Crippen LogP contribution in [0.3, 0.4) is 0 Å². The first-order chi connectivity index (χ1) is 18.0. The molecule has 3 amide bonds. The minimum atomic E-state index is -5.08. The zero-order chi connectivity index (χ0) is 29.7. The number of hydrogen-bond donors (Lipinski definition) is 3. The Kier molecular flexibility index (Phi) is 10.6. The summed E-state index contributed by atoms with van der Waals surface area (Å²) in [4.78, 5) is 49.7. The molecule has 12 nitrogen and oxygen atoms in total. The number of piperidine rings is 1. The lowest BCUT2D eigenvalue weighted by Gasteiger charge is -2.34. The number of sulfonamides is 1. The van der Waals surface area contributed by atoms with E-state index in [1.807, 2.05) is 16.7 Å². The number of nitrogens with two attached hydrogens (primary N) is 1. The number of halogens is 5. The molecule has 18 heteroatoms. The fourth-order valence-corrected chi connectivity index (χ4v) is 5.44. The highest BCUT2D eigenvalue weighted by Gasteiger charge is 2.38. The van der Waals surface area contributed by atoms with E-state index in [4.69, 9.17) is 27.2 Å². The summed E-state index contributed by atoms with van der Waals surface area (Å²) < 4.78 is 74.1. The minimum Gasteiger partial charge on any atom is -0.475 e. The summed E-state index contributed by atoms with van der Waals surface area (Å²) in [5.74, 6) is -6.00. The van der Waals surface area contributed by atoms with E-state index in [0.717, 1.165) is 6.07 Å². The zero-order valence-electron chi connectivity index (χ0n) is 20.5. The first-order valence-electron chi connectivity index (χ1n) is 11.3. The Morgan fingerprint density at radius 2 is 1.67 bits per heavy atom. The topological polar surface area (TPSA) is 170 Å². The normalized spacial score (nSPS) is 17.7. The van der Waals surface area contributed by atoms with E-state index in [1.165, 1.54) is 9.80 Å². The summed E-state index contributed by atoms with van der Waals surface area (Å²) in [6.07, 6.45) is -3.53. The number of nitrogens with zero attached hydrogens (tertiary/aromatic N) is 3. The van der Waals surface area contributed by atoms with Gasteiger partial charge in [0.25, 0.3) is 5.91 Å². The first kappa shape index (κ1) is 32.2. The smallest absolute Gasteiger partial charge is 0.475 e. The molecule has 1 aromatic carbocycles. The van der Waals surface area contributed by atoms with Crippen LogP contribution in [0.2, 0.25) is 5.02 Å². The molecule has 0 aromatic heterocycles. The van der Waals surface area contributed by atoms with Gasteiger partial charge in [-0.15, -0.1) is 0 Å². The number of likely N-dealkylation sites (N-methyl/N-ethyl adjacent to an activating group) is 1. The number of benzene rings is 1. The number of carbonyl (C=O) groups excluding carboxylic acids is 3. The molecule has 3 rings (SSSR count). The number of alkyl halides is 3. The van der Waals surface area contributed by atoms with Crippen LogP contribution in [0.5, 0.6) is 0 Å². The van der Waals surface area contributed by atoms with E-state index < -0.39 is 50.7 Å². The SMILES string of the molecule is CN1CCN(C(=O)[C@@H](NS(=O)(=O)c2cc(F)cc(N3CCCCC3=O)c2Cl)C(N)=O)CC1.O=C(O)C(F)(F)F. The molecule has 39 heavy (non-hydrogen) atoms. The van der Waals surface area contributed by atoms with Crippen molar-refractivity contribution in [3.05, 3.63) is 23.0 Å². The molecule has 2 aliphatic heterocycles. The van der Waals surface area contributed by atoms with Crippen LogP contribution < -0.4 is 15.4 Å². The minimum absolute atomic E-state index is 0.0854. The number of carbonyl (C=O) groups is 4. The van der Waals surface area contributed by atoms with Gasteiger partial charge in [-0.1, -0.05) is 11.6 Å². The number of carboxylic acids is 1. The molecule has 1 atom stereocenters. The molecule has 0 bridgehead atoms. The van der Waals surface area contributed by atoms with Crippen molar-refractivity contribution in [3.63, 3.8) is 0 Å². The van der Waals surface area contributed by atoms with E-state index in [0.29, 0.717) is 45.1 Å². The van der Waals surface area contributed by atoms with Crippen molar-refractivity contribution in [3.8, 4) is 0 Å². The average molecular weight is 604 g/mol. The quantitative estimate of drug-likeness (QED) is 0.312. The Hall–Kier alpha value is -3.02. The van der Waals surface area contributed by atoms with Gasteiger partial charge in [-0.05, 0) is 32.0 Å². The molecule has 4 N–H and O–H groups in total. The molecule has 2 saturated heterocycles. The van der Waals surface area contributed by atoms with Crippen LogP contribution in [0.1, 0.15) is 19.3 Å². The standard InChI is InChI=1S/C19H25ClFN5O5S.C2HF3O2/c1-24-6-8-25(9-7-24)19(29)17(18(22)28)23-32(30,31)14-11-12(21)10-13(16(14)20)26-5-3-2-4-15(26)27;3-2(4,5)1(6)7/h10-11,17,23H,2-9H2,1H3,(H2,22,28);(H,6,7)/t17-;/m0./s1. The number of aliphatic carboxylic acids is 1. The van der Waals surface area contributed by atoms with Gasteiger partial charge >= 0.3 is 12.1 Å². The molecule has 0 saturated carbocycles. The number of amides is 3. The number of anilines is 1. The van der Waals surface area contributed by atoms with E-state index >= 15 is 0 Å². The molecule has 2 heterocycles. The molecular weight excluding hydrogens is 578 g/mol. The number of primary amides is 1. The van der Waals surface area contributed by atoms with E-state index in [2.05, 4.69) is 0 Å². The highest BCUT2D eigenvalue weighted by atomic mass is 35.5. The van der Waals surface area contributed by atoms with Gasteiger partial charge in [0.1, 0.15) is 10.7 Å². The Morgan fingerprint density at radius 3 is 2.15 bits per heavy atom.